The summed E-state index contributed by atoms with van der Waals surface area (Å²) in [5.41, 5.74) is 0.0913. The van der Waals surface area contributed by atoms with E-state index in [1.165, 1.54) is 26.8 Å². The highest BCUT2D eigenvalue weighted by molar-refractivity contribution is 7.97. The SMILES string of the molecule is O=S(=O)([O-])C(F)(OCc1ccc2ccccc2c1)C(F)(F)F.c1ccc([S+](c2ccccc2)c2ccccc2)cc1. The maximum Gasteiger partial charge on any atom is 0.463 e. The molecule has 10 heteroatoms. The van der Waals surface area contributed by atoms with Gasteiger partial charge in [-0.1, -0.05) is 91.0 Å². The van der Waals surface area contributed by atoms with Crippen LogP contribution in [0, 0.1) is 0 Å². The lowest BCUT2D eigenvalue weighted by molar-refractivity contribution is -0.295. The van der Waals surface area contributed by atoms with Crippen molar-refractivity contribution in [3.8, 4) is 0 Å². The molecule has 1 unspecified atom stereocenters. The summed E-state index contributed by atoms with van der Waals surface area (Å²) in [4.78, 5) is 4.08. The molecule has 0 aliphatic rings. The van der Waals surface area contributed by atoms with E-state index in [1.54, 1.807) is 30.3 Å². The Kier molecular flexibility index (Phi) is 9.49. The molecule has 0 amide bonds. The van der Waals surface area contributed by atoms with Crippen LogP contribution in [0.4, 0.5) is 17.6 Å². The molecule has 0 fully saturated rings. The number of alkyl halides is 4. The van der Waals surface area contributed by atoms with Gasteiger partial charge in [-0.15, -0.1) is 0 Å². The molecule has 1 atom stereocenters. The second-order valence-corrected chi connectivity index (χ2v) is 12.2. The number of hydrogen-bond acceptors (Lipinski definition) is 4. The van der Waals surface area contributed by atoms with Crippen LogP contribution in [0.15, 0.2) is 148 Å². The van der Waals surface area contributed by atoms with Gasteiger partial charge in [0, 0.05) is 0 Å². The topological polar surface area (TPSA) is 66.4 Å². The Bertz CT molecular complexity index is 1570. The Balaban J connectivity index is 0.000000191. The molecular formula is C31H24F4O4S2. The Labute approximate surface area is 238 Å². The third-order valence-corrected chi connectivity index (χ3v) is 9.06. The summed E-state index contributed by atoms with van der Waals surface area (Å²) in [5, 5.41) is -3.86. The predicted octanol–water partition coefficient (Wildman–Crippen LogP) is 7.87. The van der Waals surface area contributed by atoms with Gasteiger partial charge < -0.3 is 9.29 Å². The zero-order valence-corrected chi connectivity index (χ0v) is 23.0. The van der Waals surface area contributed by atoms with E-state index in [2.05, 4.69) is 95.7 Å². The molecule has 5 aromatic rings. The van der Waals surface area contributed by atoms with E-state index in [1.807, 2.05) is 0 Å². The van der Waals surface area contributed by atoms with Crippen LogP contribution < -0.4 is 0 Å². The van der Waals surface area contributed by atoms with Gasteiger partial charge in [0.15, 0.2) is 24.8 Å². The number of benzene rings is 5. The number of rotatable bonds is 7. The molecule has 5 rings (SSSR count). The Hall–Kier alpha value is -3.70. The highest BCUT2D eigenvalue weighted by atomic mass is 32.2. The summed E-state index contributed by atoms with van der Waals surface area (Å²) < 4.78 is 86.5. The highest BCUT2D eigenvalue weighted by Gasteiger charge is 2.63. The number of fused-ring (bicyclic) bond motifs is 1. The molecule has 0 N–H and O–H groups in total. The van der Waals surface area contributed by atoms with Crippen molar-refractivity contribution in [3.05, 3.63) is 139 Å². The minimum Gasteiger partial charge on any atom is -0.743 e. The van der Waals surface area contributed by atoms with Gasteiger partial charge in [0.25, 0.3) is 0 Å². The molecule has 41 heavy (non-hydrogen) atoms. The molecule has 0 aliphatic heterocycles. The van der Waals surface area contributed by atoms with Crippen LogP contribution in [0.5, 0.6) is 0 Å². The lowest BCUT2D eigenvalue weighted by Crippen LogP contribution is -2.50. The summed E-state index contributed by atoms with van der Waals surface area (Å²) in [6.45, 7) is -1.03. The van der Waals surface area contributed by atoms with Crippen molar-refractivity contribution >= 4 is 31.8 Å². The van der Waals surface area contributed by atoms with Gasteiger partial charge in [-0.25, -0.2) is 8.42 Å². The standard InChI is InChI=1S/C18H15S.C13H10F4O4S/c1-4-10-16(11-5-1)19(17-12-6-2-7-13-17)18-14-8-3-9-15-18;14-12(15,16)13(17,22(18,19)20)21-8-9-5-6-10-3-1-2-4-11(10)7-9/h1-15H;1-7H,8H2,(H,18,19,20)/q+1;/p-1. The fraction of sp³-hybridized carbons (Fsp3) is 0.0968. The van der Waals surface area contributed by atoms with Gasteiger partial charge in [-0.2, -0.15) is 17.6 Å². The molecule has 0 spiro atoms. The van der Waals surface area contributed by atoms with Crippen LogP contribution in [0.2, 0.25) is 0 Å². The van der Waals surface area contributed by atoms with Gasteiger partial charge in [0.1, 0.15) is 0 Å². The molecule has 0 saturated heterocycles. The second kappa shape index (κ2) is 12.9. The molecule has 0 saturated carbocycles. The molecule has 0 radical (unpaired) electrons. The number of halogens is 4. The lowest BCUT2D eigenvalue weighted by atomic mass is 10.1. The smallest absolute Gasteiger partial charge is 0.463 e. The Morgan fingerprint density at radius 3 is 1.44 bits per heavy atom. The Morgan fingerprint density at radius 2 is 1.02 bits per heavy atom. The quantitative estimate of drug-likeness (QED) is 0.108. The summed E-state index contributed by atoms with van der Waals surface area (Å²) >= 11 is 0. The zero-order valence-electron chi connectivity index (χ0n) is 21.4. The van der Waals surface area contributed by atoms with Crippen LogP contribution in [-0.2, 0) is 32.4 Å². The fourth-order valence-corrected chi connectivity index (χ4v) is 6.47. The Morgan fingerprint density at radius 1 is 0.610 bits per heavy atom. The normalized spacial score (nSPS) is 13.3. The van der Waals surface area contributed by atoms with E-state index in [-0.39, 0.29) is 16.5 Å². The van der Waals surface area contributed by atoms with Gasteiger partial charge in [0.2, 0.25) is 0 Å². The summed E-state index contributed by atoms with van der Waals surface area (Å²) in [6, 6.07) is 43.3. The summed E-state index contributed by atoms with van der Waals surface area (Å²) in [5.74, 6) is 0. The van der Waals surface area contributed by atoms with E-state index in [9.17, 15) is 30.5 Å². The molecule has 4 nitrogen and oxygen atoms in total. The van der Waals surface area contributed by atoms with Crippen LogP contribution in [0.1, 0.15) is 5.56 Å². The minimum absolute atomic E-state index is 0.0146. The molecule has 5 aromatic carbocycles. The van der Waals surface area contributed by atoms with E-state index in [4.69, 9.17) is 0 Å². The van der Waals surface area contributed by atoms with Crippen molar-refractivity contribution < 1.29 is 35.3 Å². The van der Waals surface area contributed by atoms with Crippen molar-refractivity contribution in [2.75, 3.05) is 0 Å². The maximum atomic E-state index is 13.6. The molecule has 0 bridgehead atoms. The first-order chi connectivity index (χ1) is 19.5. The second-order valence-electron chi connectivity index (χ2n) is 8.70. The predicted molar refractivity (Wildman–Crippen MR) is 150 cm³/mol. The number of hydrogen-bond donors (Lipinski definition) is 0. The third-order valence-electron chi connectivity index (χ3n) is 5.84. The van der Waals surface area contributed by atoms with Crippen molar-refractivity contribution in [2.24, 2.45) is 0 Å². The van der Waals surface area contributed by atoms with Crippen LogP contribution in [0.25, 0.3) is 10.8 Å². The monoisotopic (exact) mass is 600 g/mol. The van der Waals surface area contributed by atoms with Gasteiger partial charge in [-0.3, -0.25) is 0 Å². The van der Waals surface area contributed by atoms with Crippen LogP contribution >= 0.6 is 0 Å². The average Bonchev–Trinajstić information content (AvgIpc) is 2.97. The van der Waals surface area contributed by atoms with Crippen LogP contribution in [-0.4, -0.2) is 24.3 Å². The molecular weight excluding hydrogens is 576 g/mol. The van der Waals surface area contributed by atoms with Gasteiger partial charge >= 0.3 is 11.4 Å². The largest absolute Gasteiger partial charge is 0.743 e. The first-order valence-corrected chi connectivity index (χ1v) is 14.8. The highest BCUT2D eigenvalue weighted by Crippen LogP contribution is 2.39. The molecule has 0 aromatic heterocycles. The van der Waals surface area contributed by atoms with E-state index < -0.39 is 28.1 Å². The van der Waals surface area contributed by atoms with Crippen LogP contribution in [0.3, 0.4) is 0 Å². The first kappa shape index (κ1) is 30.3. The van der Waals surface area contributed by atoms with E-state index >= 15 is 0 Å². The fourth-order valence-electron chi connectivity index (χ4n) is 3.88. The maximum absolute atomic E-state index is 13.6. The lowest BCUT2D eigenvalue weighted by Gasteiger charge is -2.29. The van der Waals surface area contributed by atoms with Gasteiger partial charge in [-0.05, 0) is 58.8 Å². The molecule has 0 heterocycles. The molecule has 0 aliphatic carbocycles. The van der Waals surface area contributed by atoms with E-state index in [0.717, 1.165) is 5.39 Å². The third kappa shape index (κ3) is 7.34. The summed E-state index contributed by atoms with van der Waals surface area (Å²) in [7, 11) is -6.41. The van der Waals surface area contributed by atoms with Crippen molar-refractivity contribution in [2.45, 2.75) is 32.7 Å². The van der Waals surface area contributed by atoms with Crippen molar-refractivity contribution in [3.63, 3.8) is 0 Å². The summed E-state index contributed by atoms with van der Waals surface area (Å²) in [6.07, 6.45) is -6.00. The van der Waals surface area contributed by atoms with Crippen molar-refractivity contribution in [1.82, 2.24) is 0 Å². The first-order valence-electron chi connectivity index (χ1n) is 12.2. The zero-order chi connectivity index (χ0) is 29.5. The number of ether oxygens (including phenoxy) is 1. The molecule has 212 valence electrons. The van der Waals surface area contributed by atoms with Gasteiger partial charge in [0.05, 0.1) is 17.5 Å². The van der Waals surface area contributed by atoms with Crippen molar-refractivity contribution in [1.29, 1.82) is 0 Å². The average molecular weight is 601 g/mol. The minimum atomic E-state index is -6.40. The van der Waals surface area contributed by atoms with E-state index in [0.29, 0.717) is 5.39 Å².